The minimum atomic E-state index is -0.706. The highest BCUT2D eigenvalue weighted by molar-refractivity contribution is 6.07. The van der Waals surface area contributed by atoms with Crippen molar-refractivity contribution in [1.82, 2.24) is 10.2 Å². The average Bonchev–Trinajstić information content (AvgIpc) is 3.48. The SMILES string of the molecule is CC1=C(C(=O)Nc2ccccc2C)[C@@H](c2cccc(F)c2)NC(=O)N1C1CC1. The third-order valence-corrected chi connectivity index (χ3v) is 5.26. The number of rotatable bonds is 4. The second kappa shape index (κ2) is 7.11. The summed E-state index contributed by atoms with van der Waals surface area (Å²) < 4.78 is 13.8. The van der Waals surface area contributed by atoms with Crippen LogP contribution in [0.1, 0.15) is 36.9 Å². The van der Waals surface area contributed by atoms with Gasteiger partial charge in [0.05, 0.1) is 11.6 Å². The van der Waals surface area contributed by atoms with E-state index in [0.29, 0.717) is 22.5 Å². The molecule has 6 heteroatoms. The van der Waals surface area contributed by atoms with Crippen LogP contribution >= 0.6 is 0 Å². The molecule has 0 bridgehead atoms. The maximum Gasteiger partial charge on any atom is 0.322 e. The molecule has 1 atom stereocenters. The maximum absolute atomic E-state index is 13.8. The number of benzene rings is 2. The fraction of sp³-hybridized carbons (Fsp3) is 0.273. The number of carbonyl (C=O) groups excluding carboxylic acids is 2. The number of amides is 3. The van der Waals surface area contributed by atoms with E-state index in [-0.39, 0.29) is 18.0 Å². The van der Waals surface area contributed by atoms with Crippen molar-refractivity contribution in [3.8, 4) is 0 Å². The van der Waals surface area contributed by atoms with Crippen LogP contribution in [0.5, 0.6) is 0 Å². The summed E-state index contributed by atoms with van der Waals surface area (Å²) in [5.74, 6) is -0.709. The highest BCUT2D eigenvalue weighted by atomic mass is 19.1. The van der Waals surface area contributed by atoms with Crippen molar-refractivity contribution in [2.75, 3.05) is 5.32 Å². The number of carbonyl (C=O) groups is 2. The van der Waals surface area contributed by atoms with E-state index in [9.17, 15) is 14.0 Å². The van der Waals surface area contributed by atoms with Crippen molar-refractivity contribution >= 4 is 17.6 Å². The molecule has 0 aromatic heterocycles. The van der Waals surface area contributed by atoms with Gasteiger partial charge in [-0.2, -0.15) is 0 Å². The van der Waals surface area contributed by atoms with E-state index in [0.717, 1.165) is 18.4 Å². The summed E-state index contributed by atoms with van der Waals surface area (Å²) in [7, 11) is 0. The van der Waals surface area contributed by atoms with Gasteiger partial charge >= 0.3 is 6.03 Å². The molecule has 1 heterocycles. The van der Waals surface area contributed by atoms with Gasteiger partial charge in [0.1, 0.15) is 5.82 Å². The number of para-hydroxylation sites is 1. The zero-order valence-corrected chi connectivity index (χ0v) is 15.8. The lowest BCUT2D eigenvalue weighted by Gasteiger charge is -2.36. The Hall–Kier alpha value is -3.15. The Morgan fingerprint density at radius 2 is 1.89 bits per heavy atom. The van der Waals surface area contributed by atoms with Crippen LogP contribution in [-0.2, 0) is 4.79 Å². The van der Waals surface area contributed by atoms with Crippen molar-refractivity contribution in [3.05, 3.63) is 76.7 Å². The molecular weight excluding hydrogens is 357 g/mol. The number of halogens is 1. The standard InChI is InChI=1S/C22H22FN3O2/c1-13-6-3-4-9-18(13)24-21(27)19-14(2)26(17-10-11-17)22(28)25-20(19)15-7-5-8-16(23)12-15/h3-9,12,17,20H,10-11H2,1-2H3,(H,24,27)(H,25,28)/t20-/m1/s1. The van der Waals surface area contributed by atoms with Crippen molar-refractivity contribution in [1.29, 1.82) is 0 Å². The zero-order valence-electron chi connectivity index (χ0n) is 15.8. The van der Waals surface area contributed by atoms with E-state index < -0.39 is 11.9 Å². The molecule has 0 spiro atoms. The topological polar surface area (TPSA) is 61.4 Å². The quantitative estimate of drug-likeness (QED) is 0.833. The normalized spacial score (nSPS) is 19.5. The molecule has 1 saturated carbocycles. The number of nitrogens with one attached hydrogen (secondary N) is 2. The number of anilines is 1. The molecule has 144 valence electrons. The molecule has 2 aromatic carbocycles. The smallest absolute Gasteiger partial charge is 0.322 e. The van der Waals surface area contributed by atoms with Gasteiger partial charge in [-0.15, -0.1) is 0 Å². The fourth-order valence-electron chi connectivity index (χ4n) is 3.66. The first kappa shape index (κ1) is 18.2. The van der Waals surface area contributed by atoms with Crippen LogP contribution < -0.4 is 10.6 Å². The summed E-state index contributed by atoms with van der Waals surface area (Å²) in [6.07, 6.45) is 1.84. The highest BCUT2D eigenvalue weighted by Gasteiger charge is 2.42. The van der Waals surface area contributed by atoms with Crippen molar-refractivity contribution in [2.45, 2.75) is 38.8 Å². The molecular formula is C22H22FN3O2. The van der Waals surface area contributed by atoms with Crippen LogP contribution in [0.4, 0.5) is 14.9 Å². The van der Waals surface area contributed by atoms with Gasteiger partial charge in [0.2, 0.25) is 0 Å². The molecule has 3 amide bonds. The molecule has 0 radical (unpaired) electrons. The first-order chi connectivity index (χ1) is 13.5. The first-order valence-corrected chi connectivity index (χ1v) is 9.38. The number of urea groups is 1. The fourth-order valence-corrected chi connectivity index (χ4v) is 3.66. The number of hydrogen-bond donors (Lipinski definition) is 2. The molecule has 1 aliphatic heterocycles. The summed E-state index contributed by atoms with van der Waals surface area (Å²) in [6, 6.07) is 12.7. The highest BCUT2D eigenvalue weighted by Crippen LogP contribution is 2.38. The Kier molecular flexibility index (Phi) is 4.63. The first-order valence-electron chi connectivity index (χ1n) is 9.38. The minimum absolute atomic E-state index is 0.120. The van der Waals surface area contributed by atoms with Gasteiger partial charge in [-0.1, -0.05) is 30.3 Å². The molecule has 5 nitrogen and oxygen atoms in total. The van der Waals surface area contributed by atoms with Crippen LogP contribution in [0.2, 0.25) is 0 Å². The summed E-state index contributed by atoms with van der Waals surface area (Å²) in [5, 5.41) is 5.85. The molecule has 1 fully saturated rings. The van der Waals surface area contributed by atoms with Crippen molar-refractivity contribution in [2.24, 2.45) is 0 Å². The predicted octanol–water partition coefficient (Wildman–Crippen LogP) is 4.28. The monoisotopic (exact) mass is 379 g/mol. The largest absolute Gasteiger partial charge is 0.326 e. The Morgan fingerprint density at radius 3 is 2.57 bits per heavy atom. The average molecular weight is 379 g/mol. The molecule has 2 N–H and O–H groups in total. The van der Waals surface area contributed by atoms with Gasteiger partial charge in [-0.05, 0) is 56.0 Å². The number of nitrogens with zero attached hydrogens (tertiary/aromatic N) is 1. The Bertz CT molecular complexity index is 981. The third kappa shape index (κ3) is 3.38. The number of hydrogen-bond acceptors (Lipinski definition) is 2. The van der Waals surface area contributed by atoms with E-state index in [1.807, 2.05) is 31.2 Å². The summed E-state index contributed by atoms with van der Waals surface area (Å²) >= 11 is 0. The van der Waals surface area contributed by atoms with Gasteiger partial charge in [0.15, 0.2) is 0 Å². The molecule has 4 rings (SSSR count). The van der Waals surface area contributed by atoms with Crippen LogP contribution in [0, 0.1) is 12.7 Å². The summed E-state index contributed by atoms with van der Waals surface area (Å²) in [4.78, 5) is 27.6. The van der Waals surface area contributed by atoms with Gasteiger partial charge in [0.25, 0.3) is 5.91 Å². The minimum Gasteiger partial charge on any atom is -0.326 e. The maximum atomic E-state index is 13.8. The lowest BCUT2D eigenvalue weighted by atomic mass is 9.94. The van der Waals surface area contributed by atoms with Crippen LogP contribution in [0.25, 0.3) is 0 Å². The summed E-state index contributed by atoms with van der Waals surface area (Å²) in [5.41, 5.74) is 3.24. The molecule has 2 aromatic rings. The van der Waals surface area contributed by atoms with E-state index in [1.54, 1.807) is 24.0 Å². The van der Waals surface area contributed by atoms with Crippen molar-refractivity contribution < 1.29 is 14.0 Å². The zero-order chi connectivity index (χ0) is 19.8. The summed E-state index contributed by atoms with van der Waals surface area (Å²) in [6.45, 7) is 3.70. The lowest BCUT2D eigenvalue weighted by molar-refractivity contribution is -0.113. The van der Waals surface area contributed by atoms with Crippen LogP contribution in [0.15, 0.2) is 59.8 Å². The van der Waals surface area contributed by atoms with Gasteiger partial charge in [0, 0.05) is 17.4 Å². The number of allylic oxidation sites excluding steroid dienone is 1. The van der Waals surface area contributed by atoms with Gasteiger partial charge < -0.3 is 10.6 Å². The van der Waals surface area contributed by atoms with E-state index >= 15 is 0 Å². The van der Waals surface area contributed by atoms with E-state index in [4.69, 9.17) is 0 Å². The second-order valence-corrected chi connectivity index (χ2v) is 7.31. The molecule has 28 heavy (non-hydrogen) atoms. The second-order valence-electron chi connectivity index (χ2n) is 7.31. The Labute approximate surface area is 163 Å². The van der Waals surface area contributed by atoms with Gasteiger partial charge in [-0.25, -0.2) is 9.18 Å². The molecule has 1 aliphatic carbocycles. The molecule has 0 saturated heterocycles. The number of aryl methyl sites for hydroxylation is 1. The Balaban J connectivity index is 1.76. The van der Waals surface area contributed by atoms with E-state index in [2.05, 4.69) is 10.6 Å². The third-order valence-electron chi connectivity index (χ3n) is 5.26. The Morgan fingerprint density at radius 1 is 1.14 bits per heavy atom. The molecule has 0 unspecified atom stereocenters. The predicted molar refractivity (Wildman–Crippen MR) is 105 cm³/mol. The van der Waals surface area contributed by atoms with Crippen LogP contribution in [0.3, 0.4) is 0 Å². The van der Waals surface area contributed by atoms with E-state index in [1.165, 1.54) is 12.1 Å². The van der Waals surface area contributed by atoms with Crippen molar-refractivity contribution in [3.63, 3.8) is 0 Å². The molecule has 2 aliphatic rings. The lowest BCUT2D eigenvalue weighted by Crippen LogP contribution is -2.49. The van der Waals surface area contributed by atoms with Gasteiger partial charge in [-0.3, -0.25) is 9.69 Å². The van der Waals surface area contributed by atoms with Crippen LogP contribution in [-0.4, -0.2) is 22.9 Å².